The Labute approximate surface area is 191 Å². The third-order valence-corrected chi connectivity index (χ3v) is 7.17. The highest BCUT2D eigenvalue weighted by molar-refractivity contribution is 6.13. The molecule has 1 fully saturated rings. The van der Waals surface area contributed by atoms with Crippen LogP contribution in [0.3, 0.4) is 0 Å². The normalized spacial score (nSPS) is 16.4. The highest BCUT2D eigenvalue weighted by Gasteiger charge is 2.27. The van der Waals surface area contributed by atoms with Crippen molar-refractivity contribution in [3.05, 3.63) is 47.9 Å². The number of nitrogens with one attached hydrogen (secondary N) is 2. The van der Waals surface area contributed by atoms with Crippen molar-refractivity contribution in [2.75, 3.05) is 31.1 Å². The molecule has 0 saturated carbocycles. The van der Waals surface area contributed by atoms with Gasteiger partial charge in [-0.2, -0.15) is 10.2 Å². The molecule has 4 aromatic rings. The molecule has 8 nitrogen and oxygen atoms in total. The minimum absolute atomic E-state index is 0.00607. The first-order valence-corrected chi connectivity index (χ1v) is 11.6. The average molecular weight is 442 g/mol. The summed E-state index contributed by atoms with van der Waals surface area (Å²) in [6.07, 6.45) is 9.66. The van der Waals surface area contributed by atoms with Crippen LogP contribution in [0.25, 0.3) is 33.1 Å². The Kier molecular flexibility index (Phi) is 4.67. The molecule has 33 heavy (non-hydrogen) atoms. The summed E-state index contributed by atoms with van der Waals surface area (Å²) in [4.78, 5) is 21.6. The maximum Gasteiger partial charge on any atom is 0.246 e. The number of anilines is 1. The largest absolute Gasteiger partial charge is 0.366 e. The van der Waals surface area contributed by atoms with Gasteiger partial charge in [0.05, 0.1) is 34.8 Å². The molecule has 1 aliphatic heterocycles. The number of carbonyl (C=O) groups is 1. The Morgan fingerprint density at radius 3 is 2.55 bits per heavy atom. The van der Waals surface area contributed by atoms with Gasteiger partial charge in [0.15, 0.2) is 0 Å². The van der Waals surface area contributed by atoms with E-state index < -0.39 is 0 Å². The molecule has 1 aliphatic carbocycles. The monoisotopic (exact) mass is 441 g/mol. The van der Waals surface area contributed by atoms with Gasteiger partial charge in [0, 0.05) is 48.2 Å². The van der Waals surface area contributed by atoms with Gasteiger partial charge in [-0.05, 0) is 55.9 Å². The van der Waals surface area contributed by atoms with Crippen molar-refractivity contribution in [3.8, 4) is 11.3 Å². The van der Waals surface area contributed by atoms with Gasteiger partial charge in [-0.15, -0.1) is 0 Å². The van der Waals surface area contributed by atoms with Crippen LogP contribution in [0.5, 0.6) is 0 Å². The Bertz CT molecular complexity index is 1390. The van der Waals surface area contributed by atoms with Crippen LogP contribution in [0.1, 0.15) is 29.7 Å². The Balaban J connectivity index is 1.58. The summed E-state index contributed by atoms with van der Waals surface area (Å²) < 4.78 is 0. The molecule has 2 aliphatic rings. The van der Waals surface area contributed by atoms with E-state index in [0.29, 0.717) is 13.1 Å². The highest BCUT2D eigenvalue weighted by Crippen LogP contribution is 2.42. The van der Waals surface area contributed by atoms with E-state index in [2.05, 4.69) is 44.9 Å². The molecule has 0 bridgehead atoms. The maximum absolute atomic E-state index is 12.1. The van der Waals surface area contributed by atoms with Crippen molar-refractivity contribution < 1.29 is 4.79 Å². The number of carbonyl (C=O) groups excluding carboxylic acids is 1. The van der Waals surface area contributed by atoms with Gasteiger partial charge in [-0.25, -0.2) is 4.98 Å². The first-order valence-electron chi connectivity index (χ1n) is 11.6. The molecule has 1 amide bonds. The fourth-order valence-electron chi connectivity index (χ4n) is 5.46. The van der Waals surface area contributed by atoms with Crippen molar-refractivity contribution in [1.82, 2.24) is 30.3 Å². The summed E-state index contributed by atoms with van der Waals surface area (Å²) in [5.74, 6) is -0.00607. The van der Waals surface area contributed by atoms with Crippen LogP contribution in [0, 0.1) is 6.92 Å². The van der Waals surface area contributed by atoms with Crippen LogP contribution in [0.2, 0.25) is 0 Å². The van der Waals surface area contributed by atoms with Gasteiger partial charge in [0.25, 0.3) is 0 Å². The number of fused-ring (bicyclic) bond motifs is 5. The molecule has 0 radical (unpaired) electrons. The van der Waals surface area contributed by atoms with E-state index in [4.69, 9.17) is 4.98 Å². The summed E-state index contributed by atoms with van der Waals surface area (Å²) >= 11 is 0. The van der Waals surface area contributed by atoms with Crippen LogP contribution in [0.15, 0.2) is 31.1 Å². The van der Waals surface area contributed by atoms with Gasteiger partial charge in [-0.1, -0.05) is 6.58 Å². The van der Waals surface area contributed by atoms with Crippen molar-refractivity contribution in [2.45, 2.75) is 32.6 Å². The van der Waals surface area contributed by atoms with Crippen LogP contribution < -0.4 is 4.90 Å². The molecule has 4 heterocycles. The van der Waals surface area contributed by atoms with Gasteiger partial charge in [0.2, 0.25) is 5.91 Å². The van der Waals surface area contributed by atoms with E-state index in [1.807, 2.05) is 17.3 Å². The molecule has 1 saturated heterocycles. The molecular weight excluding hydrogens is 414 g/mol. The Morgan fingerprint density at radius 1 is 1.06 bits per heavy atom. The molecule has 0 spiro atoms. The predicted octanol–water partition coefficient (Wildman–Crippen LogP) is 3.52. The van der Waals surface area contributed by atoms with E-state index in [0.717, 1.165) is 65.0 Å². The zero-order valence-electron chi connectivity index (χ0n) is 18.8. The first kappa shape index (κ1) is 20.0. The minimum Gasteiger partial charge on any atom is -0.366 e. The van der Waals surface area contributed by atoms with Crippen molar-refractivity contribution in [2.24, 2.45) is 0 Å². The minimum atomic E-state index is -0.00607. The molecule has 0 unspecified atom stereocenters. The van der Waals surface area contributed by atoms with E-state index in [9.17, 15) is 4.79 Å². The lowest BCUT2D eigenvalue weighted by molar-refractivity contribution is -0.126. The predicted molar refractivity (Wildman–Crippen MR) is 129 cm³/mol. The number of H-pyrrole nitrogens is 2. The van der Waals surface area contributed by atoms with E-state index in [-0.39, 0.29) is 5.91 Å². The van der Waals surface area contributed by atoms with Crippen molar-refractivity contribution >= 4 is 33.4 Å². The number of hydrogen-bond donors (Lipinski definition) is 2. The molecule has 1 aromatic carbocycles. The van der Waals surface area contributed by atoms with Crippen LogP contribution in [-0.2, 0) is 17.6 Å². The van der Waals surface area contributed by atoms with Gasteiger partial charge in [0.1, 0.15) is 0 Å². The number of aromatic amines is 2. The zero-order chi connectivity index (χ0) is 22.5. The highest BCUT2D eigenvalue weighted by atomic mass is 16.2. The smallest absolute Gasteiger partial charge is 0.246 e. The van der Waals surface area contributed by atoms with Crippen LogP contribution >= 0.6 is 0 Å². The van der Waals surface area contributed by atoms with E-state index in [1.54, 1.807) is 0 Å². The number of aryl methyl sites for hydroxylation is 2. The topological polar surface area (TPSA) is 93.8 Å². The fraction of sp³-hybridized carbons (Fsp3) is 0.360. The van der Waals surface area contributed by atoms with Gasteiger partial charge < -0.3 is 9.80 Å². The second kappa shape index (κ2) is 7.72. The SMILES string of the molecule is C=CC(=O)N1CCN(c2cc3[nH]ncc3c3c4c(c(-c5cn[nH]c5C)nc23)CCCC4)CC1. The van der Waals surface area contributed by atoms with Crippen molar-refractivity contribution in [3.63, 3.8) is 0 Å². The average Bonchev–Trinajstić information content (AvgIpc) is 3.51. The Morgan fingerprint density at radius 2 is 1.82 bits per heavy atom. The number of piperazine rings is 1. The first-order chi connectivity index (χ1) is 16.2. The summed E-state index contributed by atoms with van der Waals surface area (Å²) in [5, 5.41) is 17.3. The summed E-state index contributed by atoms with van der Waals surface area (Å²) in [6, 6.07) is 2.17. The van der Waals surface area contributed by atoms with Gasteiger partial charge >= 0.3 is 0 Å². The number of benzene rings is 1. The molecule has 8 heteroatoms. The number of aromatic nitrogens is 5. The second-order valence-electron chi connectivity index (χ2n) is 9.00. The number of amides is 1. The van der Waals surface area contributed by atoms with Gasteiger partial charge in [-0.3, -0.25) is 15.0 Å². The fourth-order valence-corrected chi connectivity index (χ4v) is 5.46. The quantitative estimate of drug-likeness (QED) is 0.475. The van der Waals surface area contributed by atoms with E-state index >= 15 is 0 Å². The third-order valence-electron chi connectivity index (χ3n) is 7.17. The third kappa shape index (κ3) is 3.12. The summed E-state index contributed by atoms with van der Waals surface area (Å²) in [7, 11) is 0. The molecule has 168 valence electrons. The lowest BCUT2D eigenvalue weighted by Crippen LogP contribution is -2.48. The zero-order valence-corrected chi connectivity index (χ0v) is 18.8. The van der Waals surface area contributed by atoms with Crippen LogP contribution in [0.4, 0.5) is 5.69 Å². The molecule has 2 N–H and O–H groups in total. The van der Waals surface area contributed by atoms with E-state index in [1.165, 1.54) is 35.4 Å². The maximum atomic E-state index is 12.1. The number of nitrogens with zero attached hydrogens (tertiary/aromatic N) is 5. The summed E-state index contributed by atoms with van der Waals surface area (Å²) in [6.45, 7) is 8.55. The molecular formula is C25H27N7O. The molecule has 6 rings (SSSR count). The van der Waals surface area contributed by atoms with Crippen molar-refractivity contribution in [1.29, 1.82) is 0 Å². The number of hydrogen-bond acceptors (Lipinski definition) is 5. The Hall–Kier alpha value is -3.68. The molecule has 0 atom stereocenters. The second-order valence-corrected chi connectivity index (χ2v) is 9.00. The van der Waals surface area contributed by atoms with Crippen LogP contribution in [-0.4, -0.2) is 62.4 Å². The summed E-state index contributed by atoms with van der Waals surface area (Å²) in [5.41, 5.74) is 9.06. The number of pyridine rings is 1. The number of rotatable bonds is 3. The standard InChI is InChI=1S/C25H27N7O/c1-3-22(33)32-10-8-31(9-11-32)21-12-20-19(14-27-30-20)23-16-6-4-5-7-17(16)24(28-25(21)23)18-13-26-29-15(18)2/h3,12-14H,1,4-11H2,2H3,(H,26,29)(H,27,30). The lowest BCUT2D eigenvalue weighted by atomic mass is 9.85. The molecule has 3 aromatic heterocycles. The lowest BCUT2D eigenvalue weighted by Gasteiger charge is -2.36.